The highest BCUT2D eigenvalue weighted by atomic mass is 16.5. The van der Waals surface area contributed by atoms with E-state index < -0.39 is 12.1 Å². The molecule has 0 radical (unpaired) electrons. The lowest BCUT2D eigenvalue weighted by Crippen LogP contribution is -2.33. The van der Waals surface area contributed by atoms with Crippen LogP contribution in [0.5, 0.6) is 0 Å². The number of carbonyl (C=O) groups excluding carboxylic acids is 2. The summed E-state index contributed by atoms with van der Waals surface area (Å²) in [5.41, 5.74) is 0.951. The van der Waals surface area contributed by atoms with E-state index in [2.05, 4.69) is 15.3 Å². The summed E-state index contributed by atoms with van der Waals surface area (Å²) in [4.78, 5) is 44.2. The van der Waals surface area contributed by atoms with Crippen LogP contribution in [0.3, 0.4) is 0 Å². The average molecular weight is 391 g/mol. The topological polar surface area (TPSA) is 101 Å². The summed E-state index contributed by atoms with van der Waals surface area (Å²) >= 11 is 0. The van der Waals surface area contributed by atoms with E-state index in [-0.39, 0.29) is 30.3 Å². The van der Waals surface area contributed by atoms with Crippen LogP contribution in [0.25, 0.3) is 10.9 Å². The summed E-state index contributed by atoms with van der Waals surface area (Å²) in [5, 5.41) is 3.38. The largest absolute Gasteiger partial charge is 0.447 e. The normalized spacial score (nSPS) is 14.3. The fourth-order valence-corrected chi connectivity index (χ4v) is 3.07. The van der Waals surface area contributed by atoms with E-state index in [1.165, 1.54) is 0 Å². The molecule has 0 aliphatic heterocycles. The quantitative estimate of drug-likeness (QED) is 0.603. The molecule has 7 nitrogen and oxygen atoms in total. The molecule has 1 amide bonds. The standard InChI is InChI=1S/C22H21N3O4/c26-19(13-12-18-24-17-9-5-4-8-16(17)21(27)25-18)29-20(14-6-2-1-3-7-14)22(28)23-15-10-11-15/h1-9,15,20H,10-13H2,(H,23,28)(H,24,25,27)/t20-/m0/s1. The Morgan fingerprint density at radius 3 is 2.59 bits per heavy atom. The van der Waals surface area contributed by atoms with Crippen LogP contribution in [0, 0.1) is 0 Å². The Hall–Kier alpha value is -3.48. The molecular formula is C22H21N3O4. The molecule has 0 unspecified atom stereocenters. The van der Waals surface area contributed by atoms with Gasteiger partial charge in [-0.25, -0.2) is 4.98 Å². The Labute approximate surface area is 167 Å². The second-order valence-corrected chi connectivity index (χ2v) is 7.09. The molecule has 4 rings (SSSR count). The highest BCUT2D eigenvalue weighted by molar-refractivity contribution is 5.85. The number of amides is 1. The predicted molar refractivity (Wildman–Crippen MR) is 107 cm³/mol. The van der Waals surface area contributed by atoms with E-state index in [1.54, 1.807) is 48.5 Å². The number of carbonyl (C=O) groups is 2. The van der Waals surface area contributed by atoms with Gasteiger partial charge in [-0.15, -0.1) is 0 Å². The highest BCUT2D eigenvalue weighted by Gasteiger charge is 2.30. The summed E-state index contributed by atoms with van der Waals surface area (Å²) in [7, 11) is 0. The van der Waals surface area contributed by atoms with Gasteiger partial charge in [0, 0.05) is 18.0 Å². The van der Waals surface area contributed by atoms with Gasteiger partial charge in [0.2, 0.25) is 6.10 Å². The van der Waals surface area contributed by atoms with Crippen LogP contribution in [-0.2, 0) is 20.7 Å². The zero-order valence-corrected chi connectivity index (χ0v) is 15.8. The molecule has 1 fully saturated rings. The maximum Gasteiger partial charge on any atom is 0.307 e. The van der Waals surface area contributed by atoms with Crippen LogP contribution < -0.4 is 10.9 Å². The van der Waals surface area contributed by atoms with Crippen LogP contribution in [0.2, 0.25) is 0 Å². The Morgan fingerprint density at radius 2 is 1.83 bits per heavy atom. The molecular weight excluding hydrogens is 370 g/mol. The van der Waals surface area contributed by atoms with Gasteiger partial charge in [0.25, 0.3) is 11.5 Å². The maximum atomic E-state index is 12.5. The van der Waals surface area contributed by atoms with Crippen molar-refractivity contribution >= 4 is 22.8 Å². The molecule has 7 heteroatoms. The third-order valence-electron chi connectivity index (χ3n) is 4.74. The van der Waals surface area contributed by atoms with Gasteiger partial charge in [0.15, 0.2) is 0 Å². The molecule has 1 aromatic heterocycles. The number of hydrogen-bond donors (Lipinski definition) is 2. The first-order chi connectivity index (χ1) is 14.1. The SMILES string of the molecule is O=C(CCc1nc2ccccc2c(=O)[nH]1)O[C@H](C(=O)NC1CC1)c1ccccc1. The van der Waals surface area contributed by atoms with Gasteiger partial charge in [-0.3, -0.25) is 14.4 Å². The molecule has 2 N–H and O–H groups in total. The number of para-hydroxylation sites is 1. The number of benzene rings is 2. The zero-order chi connectivity index (χ0) is 20.2. The summed E-state index contributed by atoms with van der Waals surface area (Å²) in [5.74, 6) is -0.436. The van der Waals surface area contributed by atoms with Crippen LogP contribution in [-0.4, -0.2) is 27.9 Å². The molecule has 1 atom stereocenters. The van der Waals surface area contributed by atoms with Crippen LogP contribution in [0.4, 0.5) is 0 Å². The molecule has 0 saturated heterocycles. The van der Waals surface area contributed by atoms with Crippen molar-refractivity contribution in [1.82, 2.24) is 15.3 Å². The number of fused-ring (bicyclic) bond motifs is 1. The Kier molecular flexibility index (Phi) is 5.37. The fourth-order valence-electron chi connectivity index (χ4n) is 3.07. The number of aromatic amines is 1. The van der Waals surface area contributed by atoms with Crippen molar-refractivity contribution in [3.05, 3.63) is 76.3 Å². The lowest BCUT2D eigenvalue weighted by Gasteiger charge is -2.18. The van der Waals surface area contributed by atoms with Gasteiger partial charge < -0.3 is 15.0 Å². The molecule has 0 bridgehead atoms. The smallest absolute Gasteiger partial charge is 0.307 e. The Morgan fingerprint density at radius 1 is 1.10 bits per heavy atom. The fraction of sp³-hybridized carbons (Fsp3) is 0.273. The summed E-state index contributed by atoms with van der Waals surface area (Å²) < 4.78 is 5.50. The van der Waals surface area contributed by atoms with E-state index in [0.717, 1.165) is 12.8 Å². The molecule has 3 aromatic rings. The molecule has 1 saturated carbocycles. The molecule has 1 aliphatic rings. The molecule has 1 aliphatic carbocycles. The molecule has 2 aromatic carbocycles. The first-order valence-electron chi connectivity index (χ1n) is 9.63. The van der Waals surface area contributed by atoms with Gasteiger partial charge in [-0.2, -0.15) is 0 Å². The minimum absolute atomic E-state index is 0.00131. The molecule has 1 heterocycles. The van der Waals surface area contributed by atoms with E-state index in [4.69, 9.17) is 4.74 Å². The Bertz CT molecular complexity index is 1090. The molecule has 148 valence electrons. The van der Waals surface area contributed by atoms with Crippen molar-refractivity contribution in [2.75, 3.05) is 0 Å². The van der Waals surface area contributed by atoms with Gasteiger partial charge in [0.05, 0.1) is 17.3 Å². The van der Waals surface area contributed by atoms with Gasteiger partial charge >= 0.3 is 5.97 Å². The third-order valence-corrected chi connectivity index (χ3v) is 4.74. The lowest BCUT2D eigenvalue weighted by molar-refractivity contribution is -0.156. The van der Waals surface area contributed by atoms with E-state index >= 15 is 0 Å². The first-order valence-corrected chi connectivity index (χ1v) is 9.63. The summed E-state index contributed by atoms with van der Waals surface area (Å²) in [6.45, 7) is 0. The number of ether oxygens (including phenoxy) is 1. The van der Waals surface area contributed by atoms with Crippen molar-refractivity contribution in [3.63, 3.8) is 0 Å². The van der Waals surface area contributed by atoms with Gasteiger partial charge in [-0.05, 0) is 25.0 Å². The van der Waals surface area contributed by atoms with Crippen molar-refractivity contribution in [2.24, 2.45) is 0 Å². The van der Waals surface area contributed by atoms with E-state index in [9.17, 15) is 14.4 Å². The number of aromatic nitrogens is 2. The lowest BCUT2D eigenvalue weighted by atomic mass is 10.1. The van der Waals surface area contributed by atoms with Crippen molar-refractivity contribution < 1.29 is 14.3 Å². The van der Waals surface area contributed by atoms with Crippen LogP contribution in [0.15, 0.2) is 59.4 Å². The minimum atomic E-state index is -0.993. The van der Waals surface area contributed by atoms with Crippen molar-refractivity contribution in [2.45, 2.75) is 37.8 Å². The molecule has 0 spiro atoms. The monoisotopic (exact) mass is 391 g/mol. The number of esters is 1. The minimum Gasteiger partial charge on any atom is -0.447 e. The predicted octanol–water partition coefficient (Wildman–Crippen LogP) is 2.42. The number of rotatable bonds is 7. The Balaban J connectivity index is 1.44. The number of H-pyrrole nitrogens is 1. The number of aryl methyl sites for hydroxylation is 1. The highest BCUT2D eigenvalue weighted by Crippen LogP contribution is 2.23. The van der Waals surface area contributed by atoms with E-state index in [1.807, 2.05) is 6.07 Å². The van der Waals surface area contributed by atoms with Crippen LogP contribution >= 0.6 is 0 Å². The van der Waals surface area contributed by atoms with E-state index in [0.29, 0.717) is 22.3 Å². The zero-order valence-electron chi connectivity index (χ0n) is 15.8. The molecule has 29 heavy (non-hydrogen) atoms. The van der Waals surface area contributed by atoms with Gasteiger partial charge in [-0.1, -0.05) is 42.5 Å². The summed E-state index contributed by atoms with van der Waals surface area (Å²) in [6, 6.07) is 16.1. The first kappa shape index (κ1) is 18.9. The number of nitrogens with one attached hydrogen (secondary N) is 2. The van der Waals surface area contributed by atoms with Gasteiger partial charge in [0.1, 0.15) is 5.82 Å². The third kappa shape index (κ3) is 4.68. The van der Waals surface area contributed by atoms with Crippen molar-refractivity contribution in [1.29, 1.82) is 0 Å². The van der Waals surface area contributed by atoms with Crippen LogP contribution in [0.1, 0.15) is 36.8 Å². The maximum absolute atomic E-state index is 12.5. The second-order valence-electron chi connectivity index (χ2n) is 7.09. The number of nitrogens with zero attached hydrogens (tertiary/aromatic N) is 1. The van der Waals surface area contributed by atoms with Crippen molar-refractivity contribution in [3.8, 4) is 0 Å². The average Bonchev–Trinajstić information content (AvgIpc) is 3.55. The number of hydrogen-bond acceptors (Lipinski definition) is 5. The second kappa shape index (κ2) is 8.26. The summed E-state index contributed by atoms with van der Waals surface area (Å²) in [6.07, 6.45) is 1.11.